The zero-order valence-corrected chi connectivity index (χ0v) is 19.2. The van der Waals surface area contributed by atoms with Crippen molar-refractivity contribution in [1.29, 1.82) is 0 Å². The van der Waals surface area contributed by atoms with Crippen LogP contribution in [0.1, 0.15) is 30.9 Å². The minimum absolute atomic E-state index is 0.0244. The van der Waals surface area contributed by atoms with Crippen molar-refractivity contribution in [3.8, 4) is 17.0 Å². The summed E-state index contributed by atoms with van der Waals surface area (Å²) in [6.07, 6.45) is 9.12. The molecule has 9 heteroatoms. The van der Waals surface area contributed by atoms with Crippen LogP contribution in [-0.4, -0.2) is 52.6 Å². The van der Waals surface area contributed by atoms with Crippen LogP contribution in [0, 0.1) is 22.8 Å². The van der Waals surface area contributed by atoms with Crippen LogP contribution in [0.2, 0.25) is 0 Å². The molecule has 0 spiro atoms. The first-order chi connectivity index (χ1) is 16.4. The maximum absolute atomic E-state index is 14.7. The number of hydroxylamine groups is 1. The molecule has 1 aromatic carbocycles. The number of rotatable bonds is 7. The molecule has 1 fully saturated rings. The average Bonchev–Trinajstić information content (AvgIpc) is 2.83. The van der Waals surface area contributed by atoms with E-state index < -0.39 is 11.6 Å². The molecule has 7 nitrogen and oxygen atoms in total. The Balaban J connectivity index is 1.33. The topological polar surface area (TPSA) is 77.2 Å². The van der Waals surface area contributed by atoms with Gasteiger partial charge < -0.3 is 14.8 Å². The lowest BCUT2D eigenvalue weighted by Gasteiger charge is -2.31. The van der Waals surface area contributed by atoms with Crippen LogP contribution in [-0.2, 0) is 6.42 Å². The van der Waals surface area contributed by atoms with E-state index in [9.17, 15) is 14.0 Å². The average molecular weight is 468 g/mol. The summed E-state index contributed by atoms with van der Waals surface area (Å²) in [4.78, 5) is 15.1. The van der Waals surface area contributed by atoms with Crippen LogP contribution in [0.25, 0.3) is 11.3 Å². The minimum atomic E-state index is -0.670. The van der Waals surface area contributed by atoms with Gasteiger partial charge in [-0.3, -0.25) is 0 Å². The zero-order valence-electron chi connectivity index (χ0n) is 19.2. The molecule has 0 radical (unpaired) electrons. The number of aryl methyl sites for hydroxylation is 1. The van der Waals surface area contributed by atoms with E-state index in [2.05, 4.69) is 26.8 Å². The summed E-state index contributed by atoms with van der Waals surface area (Å²) in [5.74, 6) is 0.0544. The highest BCUT2D eigenvalue weighted by Crippen LogP contribution is 2.27. The summed E-state index contributed by atoms with van der Waals surface area (Å²) in [6, 6.07) is 5.34. The molecule has 0 saturated carbocycles. The number of halogens is 2. The van der Waals surface area contributed by atoms with E-state index >= 15 is 0 Å². The Bertz CT molecular complexity index is 1160. The van der Waals surface area contributed by atoms with Gasteiger partial charge in [-0.15, -0.1) is 0 Å². The fourth-order valence-corrected chi connectivity index (χ4v) is 3.92. The lowest BCUT2D eigenvalue weighted by molar-refractivity contribution is -0.416. The highest BCUT2D eigenvalue weighted by molar-refractivity contribution is 5.77. The molecular formula is C25H27F2N5O2. The highest BCUT2D eigenvalue weighted by atomic mass is 19.1. The number of piperidine rings is 1. The van der Waals surface area contributed by atoms with Gasteiger partial charge in [-0.05, 0) is 48.9 Å². The van der Waals surface area contributed by atoms with E-state index in [4.69, 9.17) is 4.74 Å². The molecule has 4 rings (SSSR count). The second-order valence-electron chi connectivity index (χ2n) is 8.40. The van der Waals surface area contributed by atoms with Crippen molar-refractivity contribution >= 4 is 12.2 Å². The third-order valence-corrected chi connectivity index (χ3v) is 5.88. The Morgan fingerprint density at radius 3 is 2.44 bits per heavy atom. The lowest BCUT2D eigenvalue weighted by atomic mass is 9.98. The molecule has 1 aliphatic rings. The standard InChI is InChI=1S/C25H27F2N5O2/c1-3-17-12-29-25(30-13-17)32-8-6-18(7-9-32)16-34-20-11-23(27)24(28-14-20)21-5-4-19(10-22(21)26)15-31(2)33/h4-5,10-15,18H,3,6-9,16H2,1-2H3/b31-15-. The maximum atomic E-state index is 14.7. The van der Waals surface area contributed by atoms with Gasteiger partial charge in [0, 0.05) is 42.7 Å². The van der Waals surface area contributed by atoms with E-state index in [0.717, 1.165) is 43.9 Å². The Hall–Kier alpha value is -3.62. The normalized spacial score (nSPS) is 14.9. The van der Waals surface area contributed by atoms with Crippen LogP contribution in [0.15, 0.2) is 42.9 Å². The summed E-state index contributed by atoms with van der Waals surface area (Å²) in [7, 11) is 1.30. The number of anilines is 1. The van der Waals surface area contributed by atoms with Crippen molar-refractivity contribution in [2.45, 2.75) is 26.2 Å². The number of nitrogens with zero attached hydrogens (tertiary/aromatic N) is 5. The second-order valence-corrected chi connectivity index (χ2v) is 8.40. The van der Waals surface area contributed by atoms with Crippen LogP contribution in [0.3, 0.4) is 0 Å². The fourth-order valence-electron chi connectivity index (χ4n) is 3.92. The fraction of sp³-hybridized carbons (Fsp3) is 0.360. The molecular weight excluding hydrogens is 440 g/mol. The predicted octanol–water partition coefficient (Wildman–Crippen LogP) is 4.23. The van der Waals surface area contributed by atoms with Crippen molar-refractivity contribution in [3.63, 3.8) is 0 Å². The van der Waals surface area contributed by atoms with Gasteiger partial charge in [-0.1, -0.05) is 6.92 Å². The monoisotopic (exact) mass is 467 g/mol. The van der Waals surface area contributed by atoms with E-state index in [-0.39, 0.29) is 11.3 Å². The van der Waals surface area contributed by atoms with Crippen molar-refractivity contribution in [3.05, 3.63) is 70.8 Å². The molecule has 0 atom stereocenters. The van der Waals surface area contributed by atoms with Crippen molar-refractivity contribution in [2.24, 2.45) is 5.92 Å². The molecule has 2 aromatic heterocycles. The highest BCUT2D eigenvalue weighted by Gasteiger charge is 2.22. The van der Waals surface area contributed by atoms with Crippen molar-refractivity contribution < 1.29 is 18.3 Å². The first-order valence-corrected chi connectivity index (χ1v) is 11.3. The van der Waals surface area contributed by atoms with E-state index in [1.165, 1.54) is 43.7 Å². The van der Waals surface area contributed by atoms with Crippen molar-refractivity contribution in [2.75, 3.05) is 31.6 Å². The zero-order chi connectivity index (χ0) is 24.1. The molecule has 3 aromatic rings. The maximum Gasteiger partial charge on any atom is 0.225 e. The molecule has 178 valence electrons. The third kappa shape index (κ3) is 5.65. The molecule has 3 heterocycles. The van der Waals surface area contributed by atoms with Crippen LogP contribution >= 0.6 is 0 Å². The Labute approximate surface area is 197 Å². The number of ether oxygens (including phenoxy) is 1. The first-order valence-electron chi connectivity index (χ1n) is 11.3. The summed E-state index contributed by atoms with van der Waals surface area (Å²) in [5.41, 5.74) is 1.42. The molecule has 1 aliphatic heterocycles. The van der Waals surface area contributed by atoms with Crippen LogP contribution in [0.4, 0.5) is 14.7 Å². The molecule has 0 aliphatic carbocycles. The predicted molar refractivity (Wildman–Crippen MR) is 126 cm³/mol. The first kappa shape index (κ1) is 23.5. The number of pyridine rings is 1. The molecule has 0 bridgehead atoms. The Morgan fingerprint density at radius 2 is 1.82 bits per heavy atom. The lowest BCUT2D eigenvalue weighted by Crippen LogP contribution is -2.36. The van der Waals surface area contributed by atoms with Gasteiger partial charge in [-0.25, -0.2) is 28.5 Å². The van der Waals surface area contributed by atoms with Gasteiger partial charge in [0.15, 0.2) is 12.0 Å². The van der Waals surface area contributed by atoms with E-state index in [0.29, 0.717) is 28.6 Å². The molecule has 0 amide bonds. The minimum Gasteiger partial charge on any atom is -0.624 e. The summed E-state index contributed by atoms with van der Waals surface area (Å²) in [6.45, 7) is 4.19. The van der Waals surface area contributed by atoms with Gasteiger partial charge in [0.2, 0.25) is 5.95 Å². The van der Waals surface area contributed by atoms with Gasteiger partial charge in [0.05, 0.1) is 12.8 Å². The Morgan fingerprint density at radius 1 is 1.09 bits per heavy atom. The summed E-state index contributed by atoms with van der Waals surface area (Å²) >= 11 is 0. The quantitative estimate of drug-likeness (QED) is 0.224. The largest absolute Gasteiger partial charge is 0.624 e. The molecule has 0 N–H and O–H groups in total. The van der Waals surface area contributed by atoms with E-state index in [1.807, 2.05) is 12.4 Å². The van der Waals surface area contributed by atoms with E-state index in [1.54, 1.807) is 0 Å². The van der Waals surface area contributed by atoms with Gasteiger partial charge in [0.1, 0.15) is 24.3 Å². The number of benzene rings is 1. The summed E-state index contributed by atoms with van der Waals surface area (Å²) < 4.78 is 35.5. The smallest absolute Gasteiger partial charge is 0.225 e. The molecule has 1 saturated heterocycles. The molecule has 0 unspecified atom stereocenters. The van der Waals surface area contributed by atoms with Crippen molar-refractivity contribution in [1.82, 2.24) is 15.0 Å². The SMILES string of the molecule is CCc1cnc(N2CCC(COc3cnc(-c4ccc(/C=[N+](/C)[O-])cc4F)c(F)c3)CC2)nc1. The molecule has 34 heavy (non-hydrogen) atoms. The van der Waals surface area contributed by atoms with Gasteiger partial charge >= 0.3 is 0 Å². The van der Waals surface area contributed by atoms with Crippen LogP contribution in [0.5, 0.6) is 5.75 Å². The van der Waals surface area contributed by atoms with Crippen LogP contribution < -0.4 is 9.64 Å². The second kappa shape index (κ2) is 10.5. The number of hydrogen-bond acceptors (Lipinski definition) is 6. The summed E-state index contributed by atoms with van der Waals surface area (Å²) in [5, 5.41) is 11.1. The Kier molecular flexibility index (Phi) is 7.30. The third-order valence-electron chi connectivity index (χ3n) is 5.88. The number of hydrogen-bond donors (Lipinski definition) is 0. The van der Waals surface area contributed by atoms with Gasteiger partial charge in [0.25, 0.3) is 0 Å². The number of aromatic nitrogens is 3. The van der Waals surface area contributed by atoms with Gasteiger partial charge in [-0.2, -0.15) is 0 Å².